The highest BCUT2D eigenvalue weighted by Gasteiger charge is 2.39. The van der Waals surface area contributed by atoms with Crippen LogP contribution in [0.1, 0.15) is 55.5 Å². The highest BCUT2D eigenvalue weighted by Crippen LogP contribution is 2.42. The molecule has 1 aliphatic heterocycles. The highest BCUT2D eigenvalue weighted by atomic mass is 16.5. The van der Waals surface area contributed by atoms with E-state index in [-0.39, 0.29) is 23.9 Å². The zero-order valence-corrected chi connectivity index (χ0v) is 17.9. The summed E-state index contributed by atoms with van der Waals surface area (Å²) in [4.78, 5) is 19.6. The second-order valence-corrected chi connectivity index (χ2v) is 8.32. The van der Waals surface area contributed by atoms with Gasteiger partial charge in [-0.25, -0.2) is 4.68 Å². The van der Waals surface area contributed by atoms with Gasteiger partial charge in [0.25, 0.3) is 0 Å². The monoisotopic (exact) mass is 404 g/mol. The van der Waals surface area contributed by atoms with Gasteiger partial charge in [0.15, 0.2) is 0 Å². The number of carbonyl (C=O) groups is 1. The second kappa shape index (κ2) is 8.30. The number of benzene rings is 2. The van der Waals surface area contributed by atoms with Crippen molar-refractivity contribution in [3.8, 4) is 5.75 Å². The molecule has 0 spiro atoms. The molecule has 1 aliphatic rings. The summed E-state index contributed by atoms with van der Waals surface area (Å²) in [7, 11) is 1.66. The summed E-state index contributed by atoms with van der Waals surface area (Å²) in [5.41, 5.74) is 3.44. The van der Waals surface area contributed by atoms with Crippen LogP contribution in [-0.4, -0.2) is 27.8 Å². The maximum Gasteiger partial charge on any atom is 0.231 e. The van der Waals surface area contributed by atoms with Crippen molar-refractivity contribution in [3.63, 3.8) is 0 Å². The molecule has 2 atom stereocenters. The molecule has 6 nitrogen and oxygen atoms in total. The summed E-state index contributed by atoms with van der Waals surface area (Å²) in [6.07, 6.45) is 2.75. The first-order valence-electron chi connectivity index (χ1n) is 10.4. The lowest BCUT2D eigenvalue weighted by Crippen LogP contribution is -2.43. The Morgan fingerprint density at radius 1 is 1.07 bits per heavy atom. The van der Waals surface area contributed by atoms with Crippen LogP contribution in [0.4, 0.5) is 5.95 Å². The van der Waals surface area contributed by atoms with E-state index in [0.29, 0.717) is 12.4 Å². The van der Waals surface area contributed by atoms with Crippen LogP contribution < -0.4 is 9.64 Å². The van der Waals surface area contributed by atoms with Crippen molar-refractivity contribution in [2.24, 2.45) is 5.92 Å². The Kier molecular flexibility index (Phi) is 5.57. The summed E-state index contributed by atoms with van der Waals surface area (Å²) in [6.45, 7) is 6.20. The molecule has 0 saturated carbocycles. The fourth-order valence-electron chi connectivity index (χ4n) is 4.10. The number of carbonyl (C=O) groups excluding carboxylic acids is 1. The van der Waals surface area contributed by atoms with E-state index in [0.717, 1.165) is 23.3 Å². The van der Waals surface area contributed by atoms with Gasteiger partial charge in [0.2, 0.25) is 11.9 Å². The maximum absolute atomic E-state index is 13.3. The van der Waals surface area contributed by atoms with E-state index >= 15 is 0 Å². The minimum absolute atomic E-state index is 0.0113. The highest BCUT2D eigenvalue weighted by molar-refractivity contribution is 5.93. The number of amides is 1. The van der Waals surface area contributed by atoms with Crippen LogP contribution in [0.2, 0.25) is 0 Å². The van der Waals surface area contributed by atoms with E-state index in [4.69, 9.17) is 4.74 Å². The standard InChI is InChI=1S/C24H28N4O2/c1-16(2)13-23(29)27-21(18-7-5-17(3)6-8-18)14-22(28-24(27)25-15-26-28)19-9-11-20(30-4)12-10-19/h5-12,15-16,21-22H,13-14H2,1-4H3. The van der Waals surface area contributed by atoms with Crippen molar-refractivity contribution in [1.82, 2.24) is 14.8 Å². The zero-order chi connectivity index (χ0) is 21.3. The summed E-state index contributed by atoms with van der Waals surface area (Å²) < 4.78 is 7.19. The van der Waals surface area contributed by atoms with E-state index < -0.39 is 0 Å². The average molecular weight is 405 g/mol. The Balaban J connectivity index is 1.79. The predicted molar refractivity (Wildman–Crippen MR) is 117 cm³/mol. The first kappa shape index (κ1) is 20.1. The Bertz CT molecular complexity index is 1010. The van der Waals surface area contributed by atoms with Crippen LogP contribution in [0.5, 0.6) is 5.75 Å². The Hall–Kier alpha value is -3.15. The van der Waals surface area contributed by atoms with Crippen LogP contribution in [0.25, 0.3) is 0 Å². The molecule has 0 radical (unpaired) electrons. The van der Waals surface area contributed by atoms with E-state index in [1.807, 2.05) is 21.7 Å². The van der Waals surface area contributed by atoms with Crippen LogP contribution in [0.3, 0.4) is 0 Å². The van der Waals surface area contributed by atoms with Gasteiger partial charge in [0, 0.05) is 6.42 Å². The molecule has 156 valence electrons. The third-order valence-electron chi connectivity index (χ3n) is 5.64. The van der Waals surface area contributed by atoms with Gasteiger partial charge >= 0.3 is 0 Å². The Morgan fingerprint density at radius 2 is 1.70 bits per heavy atom. The molecule has 0 N–H and O–H groups in total. The van der Waals surface area contributed by atoms with E-state index in [2.05, 4.69) is 67.3 Å². The first-order chi connectivity index (χ1) is 14.5. The minimum atomic E-state index is -0.0966. The molecule has 3 aromatic rings. The molecule has 4 rings (SSSR count). The molecule has 0 bridgehead atoms. The maximum atomic E-state index is 13.3. The first-order valence-corrected chi connectivity index (χ1v) is 10.4. The SMILES string of the molecule is COc1ccc(C2CC(c3ccc(C)cc3)N(C(=O)CC(C)C)c3ncnn32)cc1. The number of rotatable bonds is 5. The number of aromatic nitrogens is 3. The number of aryl methyl sites for hydroxylation is 1. The molecule has 0 aliphatic carbocycles. The third kappa shape index (κ3) is 3.82. The number of fused-ring (bicyclic) bond motifs is 1. The smallest absolute Gasteiger partial charge is 0.231 e. The van der Waals surface area contributed by atoms with Crippen LogP contribution in [0.15, 0.2) is 54.9 Å². The lowest BCUT2D eigenvalue weighted by atomic mass is 9.91. The molecular formula is C24H28N4O2. The molecule has 2 heterocycles. The Labute approximate surface area is 177 Å². The molecule has 6 heteroatoms. The van der Waals surface area contributed by atoms with Crippen molar-refractivity contribution in [2.75, 3.05) is 12.0 Å². The van der Waals surface area contributed by atoms with Gasteiger partial charge in [-0.2, -0.15) is 10.1 Å². The van der Waals surface area contributed by atoms with Crippen molar-refractivity contribution < 1.29 is 9.53 Å². The van der Waals surface area contributed by atoms with Gasteiger partial charge in [-0.05, 0) is 42.5 Å². The van der Waals surface area contributed by atoms with Gasteiger partial charge in [-0.1, -0.05) is 55.8 Å². The molecule has 30 heavy (non-hydrogen) atoms. The average Bonchev–Trinajstić information content (AvgIpc) is 3.22. The molecule has 1 amide bonds. The van der Waals surface area contributed by atoms with Gasteiger partial charge in [-0.3, -0.25) is 9.69 Å². The number of hydrogen-bond donors (Lipinski definition) is 0. The van der Waals surface area contributed by atoms with Gasteiger partial charge in [0.1, 0.15) is 12.1 Å². The normalized spacial score (nSPS) is 18.4. The summed E-state index contributed by atoms with van der Waals surface area (Å²) in [5.74, 6) is 1.78. The fourth-order valence-corrected chi connectivity index (χ4v) is 4.10. The van der Waals surface area contributed by atoms with Gasteiger partial charge in [0.05, 0.1) is 19.2 Å². The number of ether oxygens (including phenoxy) is 1. The number of anilines is 1. The fraction of sp³-hybridized carbons (Fsp3) is 0.375. The third-order valence-corrected chi connectivity index (χ3v) is 5.64. The van der Waals surface area contributed by atoms with Crippen LogP contribution in [-0.2, 0) is 4.79 Å². The minimum Gasteiger partial charge on any atom is -0.497 e. The Morgan fingerprint density at radius 3 is 2.33 bits per heavy atom. The molecule has 0 fully saturated rings. The topological polar surface area (TPSA) is 60.2 Å². The molecule has 0 saturated heterocycles. The van der Waals surface area contributed by atoms with Gasteiger partial charge < -0.3 is 4.74 Å². The molecule has 2 aromatic carbocycles. The quantitative estimate of drug-likeness (QED) is 0.618. The lowest BCUT2D eigenvalue weighted by molar-refractivity contribution is -0.120. The molecule has 2 unspecified atom stereocenters. The lowest BCUT2D eigenvalue weighted by Gasteiger charge is -2.39. The largest absolute Gasteiger partial charge is 0.497 e. The van der Waals surface area contributed by atoms with Crippen LogP contribution in [0, 0.1) is 12.8 Å². The van der Waals surface area contributed by atoms with Crippen molar-refractivity contribution in [1.29, 1.82) is 0 Å². The summed E-state index contributed by atoms with van der Waals surface area (Å²) in [5, 5.41) is 4.49. The summed E-state index contributed by atoms with van der Waals surface area (Å²) in [6, 6.07) is 16.4. The summed E-state index contributed by atoms with van der Waals surface area (Å²) >= 11 is 0. The van der Waals surface area contributed by atoms with Crippen molar-refractivity contribution >= 4 is 11.9 Å². The van der Waals surface area contributed by atoms with E-state index in [9.17, 15) is 4.79 Å². The van der Waals surface area contributed by atoms with Gasteiger partial charge in [-0.15, -0.1) is 0 Å². The van der Waals surface area contributed by atoms with E-state index in [1.54, 1.807) is 13.4 Å². The number of nitrogens with zero attached hydrogens (tertiary/aromatic N) is 4. The van der Waals surface area contributed by atoms with E-state index in [1.165, 1.54) is 5.56 Å². The zero-order valence-electron chi connectivity index (χ0n) is 17.9. The number of hydrogen-bond acceptors (Lipinski definition) is 4. The predicted octanol–water partition coefficient (Wildman–Crippen LogP) is 4.71. The van der Waals surface area contributed by atoms with Crippen LogP contribution >= 0.6 is 0 Å². The van der Waals surface area contributed by atoms with Crippen molar-refractivity contribution in [2.45, 2.75) is 45.7 Å². The number of methoxy groups -OCH3 is 1. The molecule has 1 aromatic heterocycles. The molecular weight excluding hydrogens is 376 g/mol. The van der Waals surface area contributed by atoms with Crippen molar-refractivity contribution in [3.05, 3.63) is 71.5 Å². The second-order valence-electron chi connectivity index (χ2n) is 8.32.